The van der Waals surface area contributed by atoms with Gasteiger partial charge >= 0.3 is 0 Å². The maximum absolute atomic E-state index is 12.0. The summed E-state index contributed by atoms with van der Waals surface area (Å²) in [5.41, 5.74) is 2.79. The number of nitrogens with one attached hydrogen (secondary N) is 2. The van der Waals surface area contributed by atoms with Gasteiger partial charge in [-0.2, -0.15) is 0 Å². The molecule has 1 saturated heterocycles. The first kappa shape index (κ1) is 16.0. The Kier molecular flexibility index (Phi) is 4.93. The number of hydrogen-bond acceptors (Lipinski definition) is 4. The molecule has 0 bridgehead atoms. The topological polar surface area (TPSA) is 63.2 Å². The predicted octanol–water partition coefficient (Wildman–Crippen LogP) is 4.01. The molecule has 1 unspecified atom stereocenters. The molecular weight excluding hydrogens is 358 g/mol. The molecule has 1 fully saturated rings. The van der Waals surface area contributed by atoms with Gasteiger partial charge in [-0.3, -0.25) is 4.79 Å². The number of hydrogen-bond donors (Lipinski definition) is 2. The van der Waals surface area contributed by atoms with Gasteiger partial charge in [0.2, 0.25) is 0 Å². The molecule has 1 amide bonds. The summed E-state index contributed by atoms with van der Waals surface area (Å²) in [6.45, 7) is 2.70. The van der Waals surface area contributed by atoms with Crippen LogP contribution in [0.1, 0.15) is 18.4 Å². The molecule has 5 nitrogen and oxygen atoms in total. The Labute approximate surface area is 143 Å². The van der Waals surface area contributed by atoms with Crippen molar-refractivity contribution in [2.75, 3.05) is 17.2 Å². The second-order valence-corrected chi connectivity index (χ2v) is 6.37. The molecule has 2 aromatic rings. The smallest absolute Gasteiger partial charge is 0.253 e. The molecular formula is C17H18BrN3O2. The van der Waals surface area contributed by atoms with Crippen LogP contribution in [0.15, 0.2) is 41.0 Å². The molecule has 2 heterocycles. The molecule has 1 aliphatic heterocycles. The standard InChI is InChI=1S/C17H18BrN3O2/c1-11-4-5-12(9-14(11)18)20-16-7-6-13(10-19-16)21-17(22)15-3-2-8-23-15/h4-7,9-10,15H,2-3,8H2,1H3,(H,19,20)(H,21,22). The zero-order chi connectivity index (χ0) is 16.2. The third-order valence-corrected chi connectivity index (χ3v) is 4.55. The van der Waals surface area contributed by atoms with Gasteiger partial charge in [0.05, 0.1) is 11.9 Å². The minimum Gasteiger partial charge on any atom is -0.368 e. The number of anilines is 3. The summed E-state index contributed by atoms with van der Waals surface area (Å²) in [5, 5.41) is 6.06. The first-order valence-corrected chi connectivity index (χ1v) is 8.33. The molecule has 0 aliphatic carbocycles. The molecule has 120 valence electrons. The summed E-state index contributed by atoms with van der Waals surface area (Å²) >= 11 is 3.51. The third-order valence-electron chi connectivity index (χ3n) is 3.70. The highest BCUT2D eigenvalue weighted by molar-refractivity contribution is 9.10. The molecule has 1 atom stereocenters. The lowest BCUT2D eigenvalue weighted by molar-refractivity contribution is -0.124. The first-order valence-electron chi connectivity index (χ1n) is 7.53. The lowest BCUT2D eigenvalue weighted by Crippen LogP contribution is -2.26. The molecule has 2 N–H and O–H groups in total. The SMILES string of the molecule is Cc1ccc(Nc2ccc(NC(=O)C3CCCO3)cn2)cc1Br. The van der Waals surface area contributed by atoms with E-state index >= 15 is 0 Å². The Hall–Kier alpha value is -1.92. The van der Waals surface area contributed by atoms with Crippen LogP contribution < -0.4 is 10.6 Å². The van der Waals surface area contributed by atoms with Crippen LogP contribution in [-0.2, 0) is 9.53 Å². The van der Waals surface area contributed by atoms with E-state index in [-0.39, 0.29) is 12.0 Å². The number of pyridine rings is 1. The van der Waals surface area contributed by atoms with Crippen LogP contribution >= 0.6 is 15.9 Å². The summed E-state index contributed by atoms with van der Waals surface area (Å²) < 4.78 is 6.41. The van der Waals surface area contributed by atoms with Crippen molar-refractivity contribution in [3.8, 4) is 0 Å². The minimum absolute atomic E-state index is 0.104. The van der Waals surface area contributed by atoms with Crippen LogP contribution in [0.5, 0.6) is 0 Å². The Bertz CT molecular complexity index is 697. The summed E-state index contributed by atoms with van der Waals surface area (Å²) in [7, 11) is 0. The second kappa shape index (κ2) is 7.10. The highest BCUT2D eigenvalue weighted by atomic mass is 79.9. The van der Waals surface area contributed by atoms with Crippen LogP contribution in [0.4, 0.5) is 17.2 Å². The number of carbonyl (C=O) groups excluding carboxylic acids is 1. The van der Waals surface area contributed by atoms with Crippen molar-refractivity contribution in [2.45, 2.75) is 25.9 Å². The quantitative estimate of drug-likeness (QED) is 0.846. The van der Waals surface area contributed by atoms with Crippen LogP contribution in [0.25, 0.3) is 0 Å². The van der Waals surface area contributed by atoms with Crippen LogP contribution in [0.3, 0.4) is 0 Å². The number of benzene rings is 1. The van der Waals surface area contributed by atoms with Crippen molar-refractivity contribution in [3.63, 3.8) is 0 Å². The van der Waals surface area contributed by atoms with Gasteiger partial charge in [-0.25, -0.2) is 4.98 Å². The first-order chi connectivity index (χ1) is 11.1. The average molecular weight is 376 g/mol. The maximum Gasteiger partial charge on any atom is 0.253 e. The van der Waals surface area contributed by atoms with E-state index in [0.717, 1.165) is 28.8 Å². The van der Waals surface area contributed by atoms with E-state index in [1.54, 1.807) is 6.20 Å². The molecule has 0 spiro atoms. The van der Waals surface area contributed by atoms with Crippen molar-refractivity contribution in [2.24, 2.45) is 0 Å². The fourth-order valence-electron chi connectivity index (χ4n) is 2.37. The predicted molar refractivity (Wildman–Crippen MR) is 94.0 cm³/mol. The van der Waals surface area contributed by atoms with E-state index in [2.05, 4.69) is 31.5 Å². The zero-order valence-corrected chi connectivity index (χ0v) is 14.4. The van der Waals surface area contributed by atoms with Gasteiger partial charge in [-0.15, -0.1) is 0 Å². The van der Waals surface area contributed by atoms with Crippen molar-refractivity contribution in [3.05, 3.63) is 46.6 Å². The normalized spacial score (nSPS) is 17.0. The molecule has 1 aromatic carbocycles. The Morgan fingerprint density at radius 2 is 2.13 bits per heavy atom. The molecule has 1 aromatic heterocycles. The van der Waals surface area contributed by atoms with Crippen molar-refractivity contribution < 1.29 is 9.53 Å². The minimum atomic E-state index is -0.335. The van der Waals surface area contributed by atoms with Crippen molar-refractivity contribution in [1.82, 2.24) is 4.98 Å². The summed E-state index contributed by atoms with van der Waals surface area (Å²) in [6.07, 6.45) is 3.02. The fraction of sp³-hybridized carbons (Fsp3) is 0.294. The van der Waals surface area contributed by atoms with E-state index < -0.39 is 0 Å². The van der Waals surface area contributed by atoms with Crippen molar-refractivity contribution in [1.29, 1.82) is 0 Å². The lowest BCUT2D eigenvalue weighted by Gasteiger charge is -2.11. The summed E-state index contributed by atoms with van der Waals surface area (Å²) in [6, 6.07) is 9.69. The number of halogens is 1. The largest absolute Gasteiger partial charge is 0.368 e. The number of ether oxygens (including phenoxy) is 1. The van der Waals surface area contributed by atoms with Gasteiger partial charge in [0, 0.05) is 16.8 Å². The van der Waals surface area contributed by atoms with Crippen molar-refractivity contribution >= 4 is 39.0 Å². The number of aryl methyl sites for hydroxylation is 1. The number of amides is 1. The van der Waals surface area contributed by atoms with Crippen LogP contribution in [0.2, 0.25) is 0 Å². The Balaban J connectivity index is 1.62. The second-order valence-electron chi connectivity index (χ2n) is 5.51. The average Bonchev–Trinajstić information content (AvgIpc) is 3.07. The number of carbonyl (C=O) groups is 1. The number of rotatable bonds is 4. The van der Waals surface area contributed by atoms with E-state index in [1.165, 1.54) is 5.56 Å². The van der Waals surface area contributed by atoms with E-state index in [9.17, 15) is 4.79 Å². The van der Waals surface area contributed by atoms with Gasteiger partial charge < -0.3 is 15.4 Å². The maximum atomic E-state index is 12.0. The van der Waals surface area contributed by atoms with Gasteiger partial charge in [0.25, 0.3) is 5.91 Å². The Morgan fingerprint density at radius 3 is 2.78 bits per heavy atom. The van der Waals surface area contributed by atoms with Crippen LogP contribution in [-0.4, -0.2) is 23.6 Å². The van der Waals surface area contributed by atoms with Gasteiger partial charge in [0.15, 0.2) is 0 Å². The summed E-state index contributed by atoms with van der Waals surface area (Å²) in [4.78, 5) is 16.3. The van der Waals surface area contributed by atoms with E-state index in [1.807, 2.05) is 37.3 Å². The van der Waals surface area contributed by atoms with Crippen LogP contribution in [0, 0.1) is 6.92 Å². The monoisotopic (exact) mass is 375 g/mol. The molecule has 1 aliphatic rings. The van der Waals surface area contributed by atoms with E-state index in [4.69, 9.17) is 4.74 Å². The zero-order valence-electron chi connectivity index (χ0n) is 12.8. The fourth-order valence-corrected chi connectivity index (χ4v) is 2.75. The molecule has 0 saturated carbocycles. The third kappa shape index (κ3) is 4.09. The number of aromatic nitrogens is 1. The highest BCUT2D eigenvalue weighted by Crippen LogP contribution is 2.23. The van der Waals surface area contributed by atoms with Gasteiger partial charge in [-0.1, -0.05) is 22.0 Å². The summed E-state index contributed by atoms with van der Waals surface area (Å²) in [5.74, 6) is 0.614. The molecule has 0 radical (unpaired) electrons. The highest BCUT2D eigenvalue weighted by Gasteiger charge is 2.23. The van der Waals surface area contributed by atoms with Gasteiger partial charge in [-0.05, 0) is 49.6 Å². The lowest BCUT2D eigenvalue weighted by atomic mass is 10.2. The van der Waals surface area contributed by atoms with Gasteiger partial charge in [0.1, 0.15) is 11.9 Å². The molecule has 23 heavy (non-hydrogen) atoms. The Morgan fingerprint density at radius 1 is 1.30 bits per heavy atom. The molecule has 6 heteroatoms. The molecule has 3 rings (SSSR count). The van der Waals surface area contributed by atoms with E-state index in [0.29, 0.717) is 12.3 Å². The number of nitrogens with zero attached hydrogens (tertiary/aromatic N) is 1.